The molecule has 1 fully saturated rings. The predicted molar refractivity (Wildman–Crippen MR) is 61.9 cm³/mol. The van der Waals surface area contributed by atoms with Crippen LogP contribution in [-0.2, 0) is 0 Å². The summed E-state index contributed by atoms with van der Waals surface area (Å²) >= 11 is 0. The number of ether oxygens (including phenoxy) is 1. The molecule has 82 valence electrons. The zero-order chi connectivity index (χ0) is 10.7. The van der Waals surface area contributed by atoms with Crippen LogP contribution < -0.4 is 10.5 Å². The summed E-state index contributed by atoms with van der Waals surface area (Å²) in [4.78, 5) is 0. The van der Waals surface area contributed by atoms with Crippen molar-refractivity contribution in [2.45, 2.75) is 32.2 Å². The van der Waals surface area contributed by atoms with E-state index in [1.165, 1.54) is 12.8 Å². The third kappa shape index (κ3) is 2.72. The first-order valence-electron chi connectivity index (χ1n) is 5.78. The SMILES string of the molecule is CCOc1ccccc1[C@@H](N)CC1CC1. The molecule has 2 N–H and O–H groups in total. The molecule has 1 aliphatic carbocycles. The third-order valence-corrected chi connectivity index (χ3v) is 2.90. The van der Waals surface area contributed by atoms with Crippen molar-refractivity contribution in [1.82, 2.24) is 0 Å². The van der Waals surface area contributed by atoms with Gasteiger partial charge in [-0.1, -0.05) is 31.0 Å². The van der Waals surface area contributed by atoms with E-state index in [-0.39, 0.29) is 6.04 Å². The second kappa shape index (κ2) is 4.67. The molecule has 0 saturated heterocycles. The first kappa shape index (κ1) is 10.5. The lowest BCUT2D eigenvalue weighted by Crippen LogP contribution is -2.12. The molecule has 15 heavy (non-hydrogen) atoms. The van der Waals surface area contributed by atoms with Gasteiger partial charge in [0.2, 0.25) is 0 Å². The zero-order valence-corrected chi connectivity index (χ0v) is 9.28. The van der Waals surface area contributed by atoms with Gasteiger partial charge in [-0.05, 0) is 25.3 Å². The topological polar surface area (TPSA) is 35.2 Å². The highest BCUT2D eigenvalue weighted by Crippen LogP contribution is 2.38. The average molecular weight is 205 g/mol. The smallest absolute Gasteiger partial charge is 0.124 e. The van der Waals surface area contributed by atoms with Gasteiger partial charge in [0.1, 0.15) is 5.75 Å². The summed E-state index contributed by atoms with van der Waals surface area (Å²) in [7, 11) is 0. The van der Waals surface area contributed by atoms with Crippen LogP contribution in [-0.4, -0.2) is 6.61 Å². The molecule has 0 spiro atoms. The molecule has 1 aliphatic rings. The van der Waals surface area contributed by atoms with E-state index in [1.54, 1.807) is 0 Å². The van der Waals surface area contributed by atoms with Crippen molar-refractivity contribution in [1.29, 1.82) is 0 Å². The first-order valence-corrected chi connectivity index (χ1v) is 5.78. The van der Waals surface area contributed by atoms with Crippen molar-refractivity contribution in [2.24, 2.45) is 11.7 Å². The van der Waals surface area contributed by atoms with Crippen molar-refractivity contribution in [3.05, 3.63) is 29.8 Å². The summed E-state index contributed by atoms with van der Waals surface area (Å²) in [5, 5.41) is 0. The second-order valence-electron chi connectivity index (χ2n) is 4.26. The van der Waals surface area contributed by atoms with Crippen LogP contribution in [0, 0.1) is 5.92 Å². The van der Waals surface area contributed by atoms with E-state index < -0.39 is 0 Å². The van der Waals surface area contributed by atoms with E-state index >= 15 is 0 Å². The van der Waals surface area contributed by atoms with Gasteiger partial charge >= 0.3 is 0 Å². The fraction of sp³-hybridized carbons (Fsp3) is 0.538. The third-order valence-electron chi connectivity index (χ3n) is 2.90. The van der Waals surface area contributed by atoms with Gasteiger partial charge in [-0.2, -0.15) is 0 Å². The van der Waals surface area contributed by atoms with Crippen molar-refractivity contribution in [3.63, 3.8) is 0 Å². The Bertz CT molecular complexity index is 320. The van der Waals surface area contributed by atoms with E-state index in [0.29, 0.717) is 6.61 Å². The number of nitrogens with two attached hydrogens (primary N) is 1. The van der Waals surface area contributed by atoms with Gasteiger partial charge in [0.05, 0.1) is 6.61 Å². The van der Waals surface area contributed by atoms with Crippen LogP contribution in [0.15, 0.2) is 24.3 Å². The summed E-state index contributed by atoms with van der Waals surface area (Å²) in [6.45, 7) is 2.70. The van der Waals surface area contributed by atoms with Crippen molar-refractivity contribution in [2.75, 3.05) is 6.61 Å². The van der Waals surface area contributed by atoms with Crippen LogP contribution in [0.2, 0.25) is 0 Å². The Hall–Kier alpha value is -1.02. The number of para-hydroxylation sites is 1. The molecule has 1 saturated carbocycles. The van der Waals surface area contributed by atoms with Gasteiger partial charge in [-0.15, -0.1) is 0 Å². The Morgan fingerprint density at radius 2 is 2.13 bits per heavy atom. The van der Waals surface area contributed by atoms with Gasteiger partial charge in [-0.3, -0.25) is 0 Å². The van der Waals surface area contributed by atoms with E-state index in [9.17, 15) is 0 Å². The molecule has 1 aromatic carbocycles. The second-order valence-corrected chi connectivity index (χ2v) is 4.26. The predicted octanol–water partition coefficient (Wildman–Crippen LogP) is 2.89. The molecule has 0 aliphatic heterocycles. The van der Waals surface area contributed by atoms with E-state index in [1.807, 2.05) is 25.1 Å². The number of rotatable bonds is 5. The Labute approximate surface area is 91.4 Å². The molecule has 1 atom stereocenters. The maximum absolute atomic E-state index is 6.19. The summed E-state index contributed by atoms with van der Waals surface area (Å²) in [6.07, 6.45) is 3.80. The molecule has 2 heteroatoms. The molecule has 2 nitrogen and oxygen atoms in total. The Morgan fingerprint density at radius 3 is 2.80 bits per heavy atom. The minimum Gasteiger partial charge on any atom is -0.494 e. The molecule has 0 unspecified atom stereocenters. The number of benzene rings is 1. The van der Waals surface area contributed by atoms with Crippen molar-refractivity contribution in [3.8, 4) is 5.75 Å². The van der Waals surface area contributed by atoms with Gasteiger partial charge in [0.15, 0.2) is 0 Å². The molecule has 1 aromatic rings. The van der Waals surface area contributed by atoms with Crippen LogP contribution >= 0.6 is 0 Å². The van der Waals surface area contributed by atoms with Gasteiger partial charge in [0, 0.05) is 11.6 Å². The van der Waals surface area contributed by atoms with E-state index in [4.69, 9.17) is 10.5 Å². The van der Waals surface area contributed by atoms with Gasteiger partial charge < -0.3 is 10.5 Å². The van der Waals surface area contributed by atoms with Gasteiger partial charge in [-0.25, -0.2) is 0 Å². The lowest BCUT2D eigenvalue weighted by atomic mass is 10.0. The minimum absolute atomic E-state index is 0.139. The molecule has 0 aromatic heterocycles. The molecular formula is C13H19NO. The lowest BCUT2D eigenvalue weighted by molar-refractivity contribution is 0.333. The van der Waals surface area contributed by atoms with Crippen LogP contribution in [0.3, 0.4) is 0 Å². The summed E-state index contributed by atoms with van der Waals surface area (Å²) in [5.41, 5.74) is 7.35. The van der Waals surface area contributed by atoms with Crippen LogP contribution in [0.1, 0.15) is 37.8 Å². The molecular weight excluding hydrogens is 186 g/mol. The highest BCUT2D eigenvalue weighted by molar-refractivity contribution is 5.35. The fourth-order valence-corrected chi connectivity index (χ4v) is 1.91. The highest BCUT2D eigenvalue weighted by atomic mass is 16.5. The molecule has 0 radical (unpaired) electrons. The van der Waals surface area contributed by atoms with E-state index in [0.717, 1.165) is 23.7 Å². The standard InChI is InChI=1S/C13H19NO/c1-2-15-13-6-4-3-5-11(13)12(14)9-10-7-8-10/h3-6,10,12H,2,7-9,14H2,1H3/t12-/m0/s1. The summed E-state index contributed by atoms with van der Waals surface area (Å²) in [5.74, 6) is 1.81. The number of hydrogen-bond acceptors (Lipinski definition) is 2. The van der Waals surface area contributed by atoms with Crippen molar-refractivity contribution >= 4 is 0 Å². The highest BCUT2D eigenvalue weighted by Gasteiger charge is 2.25. The molecule has 2 rings (SSSR count). The van der Waals surface area contributed by atoms with Crippen LogP contribution in [0.5, 0.6) is 5.75 Å². The molecule has 0 heterocycles. The quantitative estimate of drug-likeness (QED) is 0.802. The molecule has 0 amide bonds. The average Bonchev–Trinajstić information content (AvgIpc) is 3.03. The van der Waals surface area contributed by atoms with E-state index in [2.05, 4.69) is 6.07 Å². The van der Waals surface area contributed by atoms with Crippen molar-refractivity contribution < 1.29 is 4.74 Å². The Balaban J connectivity index is 2.09. The Morgan fingerprint density at radius 1 is 1.40 bits per heavy atom. The lowest BCUT2D eigenvalue weighted by Gasteiger charge is -2.15. The normalized spacial score (nSPS) is 17.5. The Kier molecular flexibility index (Phi) is 3.27. The number of hydrogen-bond donors (Lipinski definition) is 1. The van der Waals surface area contributed by atoms with Crippen LogP contribution in [0.4, 0.5) is 0 Å². The minimum atomic E-state index is 0.139. The van der Waals surface area contributed by atoms with Crippen LogP contribution in [0.25, 0.3) is 0 Å². The monoisotopic (exact) mass is 205 g/mol. The summed E-state index contributed by atoms with van der Waals surface area (Å²) < 4.78 is 5.58. The zero-order valence-electron chi connectivity index (χ0n) is 9.28. The fourth-order valence-electron chi connectivity index (χ4n) is 1.91. The van der Waals surface area contributed by atoms with Gasteiger partial charge in [0.25, 0.3) is 0 Å². The maximum Gasteiger partial charge on any atom is 0.124 e. The largest absolute Gasteiger partial charge is 0.494 e. The first-order chi connectivity index (χ1) is 7.31. The molecule has 0 bridgehead atoms. The summed E-state index contributed by atoms with van der Waals surface area (Å²) in [6, 6.07) is 8.26. The maximum atomic E-state index is 6.19.